The maximum absolute atomic E-state index is 10.8. The predicted octanol–water partition coefficient (Wildman–Crippen LogP) is 3.83. The normalized spacial score (nSPS) is 10.3. The van der Waals surface area contributed by atoms with Crippen LogP contribution in [0, 0.1) is 0 Å². The minimum Gasteiger partial charge on any atom is -0.477 e. The number of carboxylic acid groups (broad SMARTS) is 1. The third-order valence-corrected chi connectivity index (χ3v) is 3.86. The molecular weight excluding hydrogens is 314 g/mol. The van der Waals surface area contributed by atoms with Crippen LogP contribution in [0.2, 0.25) is 0 Å². The fourth-order valence-corrected chi connectivity index (χ4v) is 2.51. The molecular formula is C13H10BrNO2S. The number of halogens is 1. The van der Waals surface area contributed by atoms with Gasteiger partial charge in [-0.25, -0.2) is 9.78 Å². The monoisotopic (exact) mass is 323 g/mol. The molecule has 0 saturated heterocycles. The molecule has 1 N–H and O–H groups in total. The van der Waals surface area contributed by atoms with E-state index in [1.54, 1.807) is 17.8 Å². The van der Waals surface area contributed by atoms with Crippen LogP contribution in [0.5, 0.6) is 0 Å². The summed E-state index contributed by atoms with van der Waals surface area (Å²) in [6.45, 7) is 0. The van der Waals surface area contributed by atoms with Crippen molar-refractivity contribution < 1.29 is 9.90 Å². The molecule has 92 valence electrons. The van der Waals surface area contributed by atoms with E-state index in [-0.39, 0.29) is 5.69 Å². The molecule has 0 atom stereocenters. The number of benzene rings is 1. The van der Waals surface area contributed by atoms with Gasteiger partial charge in [0.1, 0.15) is 5.69 Å². The van der Waals surface area contributed by atoms with Gasteiger partial charge in [0, 0.05) is 21.3 Å². The van der Waals surface area contributed by atoms with Crippen LogP contribution in [0.3, 0.4) is 0 Å². The molecule has 0 amide bonds. The molecule has 2 rings (SSSR count). The summed E-state index contributed by atoms with van der Waals surface area (Å²) in [5, 5.41) is 8.85. The number of carbonyl (C=O) groups is 1. The molecule has 0 saturated carbocycles. The Labute approximate surface area is 117 Å². The van der Waals surface area contributed by atoms with Crippen molar-refractivity contribution >= 4 is 33.7 Å². The van der Waals surface area contributed by atoms with Crippen molar-refractivity contribution in [2.75, 3.05) is 0 Å². The molecule has 0 spiro atoms. The summed E-state index contributed by atoms with van der Waals surface area (Å²) in [5.74, 6) is -0.197. The molecule has 1 aromatic heterocycles. The first-order chi connectivity index (χ1) is 8.65. The Morgan fingerprint density at radius 2 is 2.00 bits per heavy atom. The predicted molar refractivity (Wildman–Crippen MR) is 74.9 cm³/mol. The van der Waals surface area contributed by atoms with Crippen molar-refractivity contribution in [1.82, 2.24) is 4.98 Å². The summed E-state index contributed by atoms with van der Waals surface area (Å²) >= 11 is 4.98. The van der Waals surface area contributed by atoms with E-state index in [1.165, 1.54) is 11.8 Å². The summed E-state index contributed by atoms with van der Waals surface area (Å²) in [5.41, 5.74) is 1.27. The SMILES string of the molecule is O=C(O)c1cc(SCc2ccc(Br)cc2)ccn1. The van der Waals surface area contributed by atoms with E-state index in [0.29, 0.717) is 0 Å². The first-order valence-electron chi connectivity index (χ1n) is 5.22. The largest absolute Gasteiger partial charge is 0.477 e. The fraction of sp³-hybridized carbons (Fsp3) is 0.0769. The lowest BCUT2D eigenvalue weighted by molar-refractivity contribution is 0.0690. The van der Waals surface area contributed by atoms with E-state index < -0.39 is 5.97 Å². The van der Waals surface area contributed by atoms with E-state index in [1.807, 2.05) is 30.3 Å². The number of hydrogen-bond donors (Lipinski definition) is 1. The van der Waals surface area contributed by atoms with E-state index in [2.05, 4.69) is 20.9 Å². The van der Waals surface area contributed by atoms with Gasteiger partial charge in [-0.15, -0.1) is 11.8 Å². The highest BCUT2D eigenvalue weighted by Crippen LogP contribution is 2.23. The van der Waals surface area contributed by atoms with Crippen LogP contribution < -0.4 is 0 Å². The average molecular weight is 324 g/mol. The third kappa shape index (κ3) is 3.58. The summed E-state index contributed by atoms with van der Waals surface area (Å²) in [6.07, 6.45) is 1.52. The first-order valence-corrected chi connectivity index (χ1v) is 6.99. The molecule has 1 heterocycles. The van der Waals surface area contributed by atoms with Crippen LogP contribution in [0.25, 0.3) is 0 Å². The fourth-order valence-electron chi connectivity index (χ4n) is 1.37. The van der Waals surface area contributed by atoms with Crippen molar-refractivity contribution in [3.63, 3.8) is 0 Å². The molecule has 0 fully saturated rings. The van der Waals surface area contributed by atoms with Gasteiger partial charge >= 0.3 is 5.97 Å². The number of carboxylic acids is 1. The van der Waals surface area contributed by atoms with Gasteiger partial charge in [0.25, 0.3) is 0 Å². The Morgan fingerprint density at radius 3 is 2.67 bits per heavy atom. The highest BCUT2D eigenvalue weighted by Gasteiger charge is 2.05. The van der Waals surface area contributed by atoms with Gasteiger partial charge in [0.15, 0.2) is 0 Å². The molecule has 5 heteroatoms. The van der Waals surface area contributed by atoms with Gasteiger partial charge < -0.3 is 5.11 Å². The van der Waals surface area contributed by atoms with Crippen LogP contribution in [0.4, 0.5) is 0 Å². The summed E-state index contributed by atoms with van der Waals surface area (Å²) in [4.78, 5) is 15.5. The second-order valence-corrected chi connectivity index (χ2v) is 5.56. The quantitative estimate of drug-likeness (QED) is 0.868. The molecule has 0 aliphatic heterocycles. The molecule has 0 radical (unpaired) electrons. The number of aromatic carboxylic acids is 1. The van der Waals surface area contributed by atoms with E-state index in [4.69, 9.17) is 5.11 Å². The lowest BCUT2D eigenvalue weighted by Gasteiger charge is -2.03. The molecule has 0 bridgehead atoms. The van der Waals surface area contributed by atoms with Gasteiger partial charge in [-0.3, -0.25) is 0 Å². The number of thioether (sulfide) groups is 1. The smallest absolute Gasteiger partial charge is 0.354 e. The van der Waals surface area contributed by atoms with E-state index in [0.717, 1.165) is 15.1 Å². The summed E-state index contributed by atoms with van der Waals surface area (Å²) < 4.78 is 1.05. The molecule has 0 unspecified atom stereocenters. The topological polar surface area (TPSA) is 50.2 Å². The van der Waals surface area contributed by atoms with Crippen LogP contribution >= 0.6 is 27.7 Å². The second kappa shape index (κ2) is 6.02. The van der Waals surface area contributed by atoms with Gasteiger partial charge in [-0.2, -0.15) is 0 Å². The van der Waals surface area contributed by atoms with E-state index >= 15 is 0 Å². The summed E-state index contributed by atoms with van der Waals surface area (Å²) in [7, 11) is 0. The standard InChI is InChI=1S/C13H10BrNO2S/c14-10-3-1-9(2-4-10)8-18-11-5-6-15-12(7-11)13(16)17/h1-7H,8H2,(H,16,17). The highest BCUT2D eigenvalue weighted by molar-refractivity contribution is 9.10. The molecule has 2 aromatic rings. The van der Waals surface area contributed by atoms with Crippen molar-refractivity contribution in [1.29, 1.82) is 0 Å². The minimum atomic E-state index is -0.999. The molecule has 0 aliphatic carbocycles. The zero-order valence-corrected chi connectivity index (χ0v) is 11.7. The Kier molecular flexibility index (Phi) is 4.38. The number of pyridine rings is 1. The lowest BCUT2D eigenvalue weighted by Crippen LogP contribution is -1.99. The van der Waals surface area contributed by atoms with Gasteiger partial charge in [0.05, 0.1) is 0 Å². The summed E-state index contributed by atoms with van der Waals surface area (Å²) in [6, 6.07) is 11.5. The lowest BCUT2D eigenvalue weighted by atomic mass is 10.2. The third-order valence-electron chi connectivity index (χ3n) is 2.27. The maximum atomic E-state index is 10.8. The second-order valence-electron chi connectivity index (χ2n) is 3.60. The molecule has 0 aliphatic rings. The van der Waals surface area contributed by atoms with Crippen LogP contribution in [-0.2, 0) is 5.75 Å². The Hall–Kier alpha value is -1.33. The van der Waals surface area contributed by atoms with Crippen molar-refractivity contribution in [2.24, 2.45) is 0 Å². The number of nitrogens with zero attached hydrogens (tertiary/aromatic N) is 1. The number of rotatable bonds is 4. The maximum Gasteiger partial charge on any atom is 0.354 e. The number of hydrogen-bond acceptors (Lipinski definition) is 3. The van der Waals surface area contributed by atoms with Gasteiger partial charge in [-0.1, -0.05) is 28.1 Å². The Bertz CT molecular complexity index is 557. The average Bonchev–Trinajstić information content (AvgIpc) is 2.38. The first kappa shape index (κ1) is 13.1. The Morgan fingerprint density at radius 1 is 1.28 bits per heavy atom. The van der Waals surface area contributed by atoms with Crippen LogP contribution in [0.15, 0.2) is 52.0 Å². The van der Waals surface area contributed by atoms with Crippen molar-refractivity contribution in [3.05, 3.63) is 58.3 Å². The highest BCUT2D eigenvalue weighted by atomic mass is 79.9. The number of aromatic nitrogens is 1. The molecule has 1 aromatic carbocycles. The van der Waals surface area contributed by atoms with Crippen LogP contribution in [-0.4, -0.2) is 16.1 Å². The molecule has 3 nitrogen and oxygen atoms in total. The molecule has 18 heavy (non-hydrogen) atoms. The Balaban J connectivity index is 2.04. The van der Waals surface area contributed by atoms with Gasteiger partial charge in [-0.05, 0) is 29.8 Å². The zero-order valence-electron chi connectivity index (χ0n) is 9.34. The van der Waals surface area contributed by atoms with Crippen LogP contribution in [0.1, 0.15) is 16.1 Å². The zero-order chi connectivity index (χ0) is 13.0. The van der Waals surface area contributed by atoms with E-state index in [9.17, 15) is 4.79 Å². The minimum absolute atomic E-state index is 0.0795. The van der Waals surface area contributed by atoms with Crippen molar-refractivity contribution in [3.8, 4) is 0 Å². The van der Waals surface area contributed by atoms with Gasteiger partial charge in [0.2, 0.25) is 0 Å². The van der Waals surface area contributed by atoms with Crippen molar-refractivity contribution in [2.45, 2.75) is 10.6 Å².